The van der Waals surface area contributed by atoms with Gasteiger partial charge in [-0.3, -0.25) is 4.79 Å². The maximum atomic E-state index is 10.8. The van der Waals surface area contributed by atoms with Gasteiger partial charge in [-0.05, 0) is 42.8 Å². The van der Waals surface area contributed by atoms with Crippen LogP contribution in [0.25, 0.3) is 0 Å². The number of benzene rings is 1. The summed E-state index contributed by atoms with van der Waals surface area (Å²) in [6, 6.07) is 5.76. The first kappa shape index (κ1) is 15.0. The predicted octanol–water partition coefficient (Wildman–Crippen LogP) is 2.20. The van der Waals surface area contributed by atoms with Gasteiger partial charge in [0.25, 0.3) is 5.91 Å². The summed E-state index contributed by atoms with van der Waals surface area (Å²) in [4.78, 5) is 10.8. The highest BCUT2D eigenvalue weighted by Crippen LogP contribution is 2.29. The van der Waals surface area contributed by atoms with Gasteiger partial charge >= 0.3 is 0 Å². The number of primary amides is 1. The van der Waals surface area contributed by atoms with Crippen LogP contribution in [-0.2, 0) is 11.3 Å². The standard InChI is InChI=1S/C13H19BrN2O2/c1-13(2,3)16-7-9-5-4-6-10(14)12(9)18-8-11(15)17/h4-6,16H,7-8H2,1-3H3,(H2,15,17). The van der Waals surface area contributed by atoms with Crippen molar-refractivity contribution >= 4 is 21.8 Å². The lowest BCUT2D eigenvalue weighted by molar-refractivity contribution is -0.119. The zero-order valence-corrected chi connectivity index (χ0v) is 12.5. The highest BCUT2D eigenvalue weighted by atomic mass is 79.9. The second-order valence-electron chi connectivity index (χ2n) is 5.09. The SMILES string of the molecule is CC(C)(C)NCc1cccc(Br)c1OCC(N)=O. The van der Waals surface area contributed by atoms with Crippen molar-refractivity contribution in [3.63, 3.8) is 0 Å². The first-order valence-corrected chi connectivity index (χ1v) is 6.52. The molecule has 1 aromatic carbocycles. The molecular formula is C13H19BrN2O2. The van der Waals surface area contributed by atoms with Crippen molar-refractivity contribution in [3.05, 3.63) is 28.2 Å². The Kier molecular flexibility index (Phi) is 5.16. The smallest absolute Gasteiger partial charge is 0.255 e. The molecule has 0 aromatic heterocycles. The number of amides is 1. The molecule has 0 saturated heterocycles. The quantitative estimate of drug-likeness (QED) is 0.875. The highest BCUT2D eigenvalue weighted by molar-refractivity contribution is 9.10. The Bertz CT molecular complexity index is 427. The van der Waals surface area contributed by atoms with Crippen LogP contribution >= 0.6 is 15.9 Å². The van der Waals surface area contributed by atoms with Gasteiger partial charge in [0.1, 0.15) is 5.75 Å². The van der Waals surface area contributed by atoms with Crippen LogP contribution in [0.4, 0.5) is 0 Å². The summed E-state index contributed by atoms with van der Waals surface area (Å²) in [5, 5.41) is 3.38. The maximum absolute atomic E-state index is 10.8. The minimum Gasteiger partial charge on any atom is -0.482 e. The number of carbonyl (C=O) groups excluding carboxylic acids is 1. The van der Waals surface area contributed by atoms with Crippen LogP contribution in [-0.4, -0.2) is 18.1 Å². The van der Waals surface area contributed by atoms with Gasteiger partial charge in [-0.2, -0.15) is 0 Å². The third kappa shape index (κ3) is 5.06. The number of hydrogen-bond acceptors (Lipinski definition) is 3. The number of halogens is 1. The van der Waals surface area contributed by atoms with Crippen molar-refractivity contribution in [1.82, 2.24) is 5.32 Å². The second-order valence-corrected chi connectivity index (χ2v) is 5.94. The van der Waals surface area contributed by atoms with Crippen LogP contribution in [0.1, 0.15) is 26.3 Å². The summed E-state index contributed by atoms with van der Waals surface area (Å²) < 4.78 is 6.25. The Morgan fingerprint density at radius 3 is 2.67 bits per heavy atom. The lowest BCUT2D eigenvalue weighted by atomic mass is 10.1. The Hall–Kier alpha value is -1.07. The Labute approximate surface area is 116 Å². The average Bonchev–Trinajstić information content (AvgIpc) is 2.23. The number of hydrogen-bond donors (Lipinski definition) is 2. The van der Waals surface area contributed by atoms with Gasteiger partial charge in [0.05, 0.1) is 4.47 Å². The predicted molar refractivity (Wildman–Crippen MR) is 75.4 cm³/mol. The largest absolute Gasteiger partial charge is 0.482 e. The van der Waals surface area contributed by atoms with Crippen LogP contribution in [0, 0.1) is 0 Å². The monoisotopic (exact) mass is 314 g/mol. The average molecular weight is 315 g/mol. The number of para-hydroxylation sites is 1. The van der Waals surface area contributed by atoms with Crippen molar-refractivity contribution in [2.24, 2.45) is 5.73 Å². The number of nitrogens with one attached hydrogen (secondary N) is 1. The van der Waals surface area contributed by atoms with Gasteiger partial charge in [0.15, 0.2) is 6.61 Å². The normalized spacial score (nSPS) is 11.3. The van der Waals surface area contributed by atoms with Crippen molar-refractivity contribution in [2.75, 3.05) is 6.61 Å². The lowest BCUT2D eigenvalue weighted by Crippen LogP contribution is -2.35. The van der Waals surface area contributed by atoms with E-state index in [1.54, 1.807) is 0 Å². The van der Waals surface area contributed by atoms with Gasteiger partial charge < -0.3 is 15.8 Å². The molecule has 0 radical (unpaired) electrons. The van der Waals surface area contributed by atoms with Crippen molar-refractivity contribution < 1.29 is 9.53 Å². The molecule has 18 heavy (non-hydrogen) atoms. The van der Waals surface area contributed by atoms with E-state index < -0.39 is 5.91 Å². The third-order valence-corrected chi connectivity index (χ3v) is 2.84. The third-order valence-electron chi connectivity index (χ3n) is 2.22. The summed E-state index contributed by atoms with van der Waals surface area (Å²) in [6.45, 7) is 6.82. The fourth-order valence-electron chi connectivity index (χ4n) is 1.36. The van der Waals surface area contributed by atoms with Gasteiger partial charge in [-0.25, -0.2) is 0 Å². The van der Waals surface area contributed by atoms with E-state index in [9.17, 15) is 4.79 Å². The number of rotatable bonds is 5. The molecule has 0 fully saturated rings. The van der Waals surface area contributed by atoms with Crippen LogP contribution < -0.4 is 15.8 Å². The van der Waals surface area contributed by atoms with Crippen LogP contribution in [0.3, 0.4) is 0 Å². The van der Waals surface area contributed by atoms with E-state index in [4.69, 9.17) is 10.5 Å². The summed E-state index contributed by atoms with van der Waals surface area (Å²) in [7, 11) is 0. The fourth-order valence-corrected chi connectivity index (χ4v) is 1.88. The van der Waals surface area contributed by atoms with Gasteiger partial charge in [-0.1, -0.05) is 12.1 Å². The molecule has 1 amide bonds. The highest BCUT2D eigenvalue weighted by Gasteiger charge is 2.13. The molecule has 0 saturated carbocycles. The number of nitrogens with two attached hydrogens (primary N) is 1. The minimum absolute atomic E-state index is 0.0171. The molecule has 0 aliphatic rings. The zero-order chi connectivity index (χ0) is 13.8. The van der Waals surface area contributed by atoms with E-state index >= 15 is 0 Å². The van der Waals surface area contributed by atoms with E-state index in [-0.39, 0.29) is 12.1 Å². The van der Waals surface area contributed by atoms with Crippen LogP contribution in [0.2, 0.25) is 0 Å². The van der Waals surface area contributed by atoms with Gasteiger partial charge in [0, 0.05) is 17.6 Å². The molecule has 3 N–H and O–H groups in total. The van der Waals surface area contributed by atoms with Crippen molar-refractivity contribution in [2.45, 2.75) is 32.9 Å². The molecule has 0 bridgehead atoms. The van der Waals surface area contributed by atoms with E-state index in [0.717, 1.165) is 10.0 Å². The first-order valence-electron chi connectivity index (χ1n) is 5.73. The summed E-state index contributed by atoms with van der Waals surface area (Å²) in [5.41, 5.74) is 6.09. The number of carbonyl (C=O) groups is 1. The van der Waals surface area contributed by atoms with E-state index in [0.29, 0.717) is 12.3 Å². The first-order chi connectivity index (χ1) is 8.29. The molecule has 0 unspecified atom stereocenters. The molecule has 0 aliphatic carbocycles. The summed E-state index contributed by atoms with van der Waals surface area (Å²) in [5.74, 6) is 0.175. The summed E-state index contributed by atoms with van der Waals surface area (Å²) in [6.07, 6.45) is 0. The van der Waals surface area contributed by atoms with Crippen LogP contribution in [0.5, 0.6) is 5.75 Å². The molecule has 0 heterocycles. The topological polar surface area (TPSA) is 64.3 Å². The number of ether oxygens (including phenoxy) is 1. The van der Waals surface area contributed by atoms with Gasteiger partial charge in [-0.15, -0.1) is 0 Å². The molecule has 100 valence electrons. The molecular weight excluding hydrogens is 296 g/mol. The fraction of sp³-hybridized carbons (Fsp3) is 0.462. The zero-order valence-electron chi connectivity index (χ0n) is 10.9. The molecule has 0 aliphatic heterocycles. The van der Waals surface area contributed by atoms with Crippen molar-refractivity contribution in [3.8, 4) is 5.75 Å². The molecule has 0 spiro atoms. The maximum Gasteiger partial charge on any atom is 0.255 e. The Morgan fingerprint density at radius 1 is 1.44 bits per heavy atom. The van der Waals surface area contributed by atoms with E-state index in [1.165, 1.54) is 0 Å². The molecule has 0 atom stereocenters. The second kappa shape index (κ2) is 6.20. The lowest BCUT2D eigenvalue weighted by Gasteiger charge is -2.22. The van der Waals surface area contributed by atoms with E-state index in [2.05, 4.69) is 42.0 Å². The summed E-state index contributed by atoms with van der Waals surface area (Å²) >= 11 is 3.41. The molecule has 5 heteroatoms. The van der Waals surface area contributed by atoms with Crippen molar-refractivity contribution in [1.29, 1.82) is 0 Å². The minimum atomic E-state index is -0.486. The Morgan fingerprint density at radius 2 is 2.11 bits per heavy atom. The molecule has 1 rings (SSSR count). The Balaban J connectivity index is 2.83. The van der Waals surface area contributed by atoms with Gasteiger partial charge in [0.2, 0.25) is 0 Å². The molecule has 4 nitrogen and oxygen atoms in total. The molecule has 1 aromatic rings. The van der Waals surface area contributed by atoms with Crippen LogP contribution in [0.15, 0.2) is 22.7 Å². The van der Waals surface area contributed by atoms with E-state index in [1.807, 2.05) is 18.2 Å².